The largest absolute Gasteiger partial charge is 0.364 e. The van der Waals surface area contributed by atoms with Gasteiger partial charge in [-0.15, -0.1) is 24.0 Å². The Balaban J connectivity index is 0.00000261. The second-order valence-corrected chi connectivity index (χ2v) is 6.52. The maximum Gasteiger partial charge on any atom is 0.191 e. The lowest BCUT2D eigenvalue weighted by atomic mass is 10.1. The zero-order chi connectivity index (χ0) is 18.2. The summed E-state index contributed by atoms with van der Waals surface area (Å²) in [4.78, 5) is 7.07. The van der Waals surface area contributed by atoms with Crippen LogP contribution in [0.4, 0.5) is 5.69 Å². The van der Waals surface area contributed by atoms with Gasteiger partial charge in [-0.1, -0.05) is 48.6 Å². The van der Waals surface area contributed by atoms with Crippen LogP contribution in [0.25, 0.3) is 0 Å². The van der Waals surface area contributed by atoms with Crippen LogP contribution in [0.5, 0.6) is 0 Å². The summed E-state index contributed by atoms with van der Waals surface area (Å²) in [7, 11) is 0. The van der Waals surface area contributed by atoms with Crippen molar-refractivity contribution in [3.05, 3.63) is 77.4 Å². The van der Waals surface area contributed by atoms with Gasteiger partial charge in [-0.2, -0.15) is 0 Å². The molecule has 0 bridgehead atoms. The van der Waals surface area contributed by atoms with Crippen molar-refractivity contribution in [1.82, 2.24) is 10.6 Å². The minimum absolute atomic E-state index is 0. The molecule has 0 aromatic heterocycles. The van der Waals surface area contributed by atoms with E-state index in [1.807, 2.05) is 0 Å². The summed E-state index contributed by atoms with van der Waals surface area (Å²) in [5, 5.41) is 6.75. The Morgan fingerprint density at radius 3 is 2.37 bits per heavy atom. The van der Waals surface area contributed by atoms with Gasteiger partial charge in [-0.3, -0.25) is 0 Å². The van der Waals surface area contributed by atoms with E-state index in [1.165, 1.54) is 22.4 Å². The molecule has 3 rings (SSSR count). The number of aliphatic imine (C=N–C) groups is 1. The number of nitrogens with one attached hydrogen (secondary N) is 2. The van der Waals surface area contributed by atoms with E-state index in [9.17, 15) is 0 Å². The number of benzene rings is 2. The standard InChI is InChI=1S/C22H28N4.HI/c1-3-23-22(25-17-20-9-5-4-8-18(20)2)24-16-19-10-12-21(13-11-19)26-14-6-7-15-26;/h4-13H,3,14-17H2,1-2H3,(H2,23,24,25);1H. The average Bonchev–Trinajstić information content (AvgIpc) is 3.20. The number of hydrogen-bond acceptors (Lipinski definition) is 2. The first kappa shape index (κ1) is 21.3. The van der Waals surface area contributed by atoms with Gasteiger partial charge in [0.2, 0.25) is 0 Å². The highest BCUT2D eigenvalue weighted by Gasteiger charge is 2.07. The van der Waals surface area contributed by atoms with E-state index in [-0.39, 0.29) is 24.0 Å². The van der Waals surface area contributed by atoms with Crippen LogP contribution in [-0.4, -0.2) is 25.6 Å². The first-order chi connectivity index (χ1) is 12.8. The van der Waals surface area contributed by atoms with Crippen LogP contribution in [0, 0.1) is 6.92 Å². The smallest absolute Gasteiger partial charge is 0.191 e. The van der Waals surface area contributed by atoms with Crippen LogP contribution in [0.1, 0.15) is 23.6 Å². The van der Waals surface area contributed by atoms with Gasteiger partial charge in [0.25, 0.3) is 0 Å². The Bertz CT molecular complexity index is 760. The Hall–Kier alpha value is -2.02. The lowest BCUT2D eigenvalue weighted by molar-refractivity contribution is 0.813. The topological polar surface area (TPSA) is 39.7 Å². The molecule has 2 N–H and O–H groups in total. The number of rotatable bonds is 6. The van der Waals surface area contributed by atoms with Gasteiger partial charge in [-0.25, -0.2) is 4.99 Å². The first-order valence-electron chi connectivity index (χ1n) is 9.32. The van der Waals surface area contributed by atoms with E-state index < -0.39 is 0 Å². The fourth-order valence-electron chi connectivity index (χ4n) is 3.00. The quantitative estimate of drug-likeness (QED) is 0.284. The summed E-state index contributed by atoms with van der Waals surface area (Å²) in [6.45, 7) is 8.53. The van der Waals surface area contributed by atoms with E-state index in [2.05, 4.69) is 90.1 Å². The molecule has 5 heteroatoms. The molecule has 144 valence electrons. The maximum absolute atomic E-state index is 4.72. The highest BCUT2D eigenvalue weighted by Crippen LogP contribution is 2.18. The van der Waals surface area contributed by atoms with Gasteiger partial charge >= 0.3 is 0 Å². The summed E-state index contributed by atoms with van der Waals surface area (Å²) < 4.78 is 0. The number of anilines is 1. The minimum atomic E-state index is 0. The fourth-order valence-corrected chi connectivity index (χ4v) is 3.00. The predicted octanol–water partition coefficient (Wildman–Crippen LogP) is 4.24. The summed E-state index contributed by atoms with van der Waals surface area (Å²) in [5.74, 6) is 0.851. The van der Waals surface area contributed by atoms with E-state index in [0.717, 1.165) is 32.1 Å². The third-order valence-electron chi connectivity index (χ3n) is 4.59. The molecule has 1 heterocycles. The second kappa shape index (κ2) is 11.0. The minimum Gasteiger partial charge on any atom is -0.364 e. The van der Waals surface area contributed by atoms with Crippen molar-refractivity contribution in [2.45, 2.75) is 26.9 Å². The van der Waals surface area contributed by atoms with Crippen LogP contribution < -0.4 is 15.5 Å². The van der Waals surface area contributed by atoms with Crippen LogP contribution in [0.15, 0.2) is 65.7 Å². The van der Waals surface area contributed by atoms with E-state index in [0.29, 0.717) is 6.54 Å². The first-order valence-corrected chi connectivity index (χ1v) is 9.32. The Labute approximate surface area is 179 Å². The number of hydrogen-bond donors (Lipinski definition) is 2. The van der Waals surface area contributed by atoms with Crippen molar-refractivity contribution in [2.24, 2.45) is 4.99 Å². The van der Waals surface area contributed by atoms with Crippen molar-refractivity contribution in [2.75, 3.05) is 24.5 Å². The molecule has 1 aliphatic heterocycles. The van der Waals surface area contributed by atoms with Gasteiger partial charge in [0.1, 0.15) is 0 Å². The molecule has 0 fully saturated rings. The molecule has 2 aromatic rings. The molecule has 0 radical (unpaired) electrons. The molecule has 4 nitrogen and oxygen atoms in total. The van der Waals surface area contributed by atoms with Crippen molar-refractivity contribution in [3.63, 3.8) is 0 Å². The lowest BCUT2D eigenvalue weighted by Gasteiger charge is -2.17. The highest BCUT2D eigenvalue weighted by atomic mass is 127. The number of nitrogens with zero attached hydrogens (tertiary/aromatic N) is 2. The molecular formula is C22H29IN4. The van der Waals surface area contributed by atoms with Crippen LogP contribution >= 0.6 is 24.0 Å². The molecule has 0 spiro atoms. The highest BCUT2D eigenvalue weighted by molar-refractivity contribution is 14.0. The monoisotopic (exact) mass is 476 g/mol. The van der Waals surface area contributed by atoms with Crippen molar-refractivity contribution < 1.29 is 0 Å². The van der Waals surface area contributed by atoms with Crippen molar-refractivity contribution >= 4 is 35.6 Å². The molecule has 2 aromatic carbocycles. The Morgan fingerprint density at radius 2 is 1.70 bits per heavy atom. The molecule has 1 aliphatic rings. The van der Waals surface area contributed by atoms with Gasteiger partial charge in [0, 0.05) is 31.9 Å². The van der Waals surface area contributed by atoms with Crippen molar-refractivity contribution in [1.29, 1.82) is 0 Å². The number of halogens is 1. The van der Waals surface area contributed by atoms with Gasteiger partial charge in [0.15, 0.2) is 5.96 Å². The number of guanidine groups is 1. The second-order valence-electron chi connectivity index (χ2n) is 6.52. The molecule has 0 atom stereocenters. The molecular weight excluding hydrogens is 447 g/mol. The summed E-state index contributed by atoms with van der Waals surface area (Å²) in [5.41, 5.74) is 5.07. The maximum atomic E-state index is 4.72. The van der Waals surface area contributed by atoms with Crippen molar-refractivity contribution in [3.8, 4) is 0 Å². The van der Waals surface area contributed by atoms with E-state index >= 15 is 0 Å². The lowest BCUT2D eigenvalue weighted by Crippen LogP contribution is -2.36. The molecule has 0 unspecified atom stereocenters. The normalized spacial score (nSPS) is 13.4. The zero-order valence-corrected chi connectivity index (χ0v) is 18.4. The molecule has 0 aliphatic carbocycles. The van der Waals surface area contributed by atoms with E-state index in [4.69, 9.17) is 4.99 Å². The molecule has 0 saturated heterocycles. The fraction of sp³-hybridized carbons (Fsp3) is 0.318. The number of aryl methyl sites for hydroxylation is 1. The summed E-state index contributed by atoms with van der Waals surface area (Å²) >= 11 is 0. The molecule has 0 amide bonds. The predicted molar refractivity (Wildman–Crippen MR) is 126 cm³/mol. The zero-order valence-electron chi connectivity index (χ0n) is 16.1. The third kappa shape index (κ3) is 6.27. The summed E-state index contributed by atoms with van der Waals surface area (Å²) in [6, 6.07) is 17.1. The Kier molecular flexibility index (Phi) is 8.64. The SMILES string of the molecule is CCNC(=NCc1ccc(N2CC=CC2)cc1)NCc1ccccc1C.I. The van der Waals surface area contributed by atoms with Gasteiger partial charge in [-0.05, 0) is 42.7 Å². The van der Waals surface area contributed by atoms with E-state index in [1.54, 1.807) is 0 Å². The molecule has 27 heavy (non-hydrogen) atoms. The summed E-state index contributed by atoms with van der Waals surface area (Å²) in [6.07, 6.45) is 4.42. The van der Waals surface area contributed by atoms with Crippen LogP contribution in [0.2, 0.25) is 0 Å². The molecule has 0 saturated carbocycles. The Morgan fingerprint density at radius 1 is 1.00 bits per heavy atom. The third-order valence-corrected chi connectivity index (χ3v) is 4.59. The van der Waals surface area contributed by atoms with Crippen LogP contribution in [0.3, 0.4) is 0 Å². The van der Waals surface area contributed by atoms with Gasteiger partial charge < -0.3 is 15.5 Å². The van der Waals surface area contributed by atoms with Crippen LogP contribution in [-0.2, 0) is 13.1 Å². The van der Waals surface area contributed by atoms with Gasteiger partial charge in [0.05, 0.1) is 6.54 Å². The average molecular weight is 476 g/mol.